The summed E-state index contributed by atoms with van der Waals surface area (Å²) < 4.78 is 0. The fourth-order valence-corrected chi connectivity index (χ4v) is 4.80. The molecule has 0 saturated heterocycles. The number of carbonyl (C=O) groups excluding carboxylic acids is 7. The second-order valence-electron chi connectivity index (χ2n) is 12.8. The van der Waals surface area contributed by atoms with Crippen LogP contribution in [0, 0.1) is 0 Å². The molecule has 2 unspecified atom stereocenters. The molecule has 2 atom stereocenters. The molecule has 0 fully saturated rings. The molecule has 2 aromatic carbocycles. The first-order chi connectivity index (χ1) is 30.0. The normalized spacial score (nSPS) is 10.5. The fraction of sp³-hybridized carbons (Fsp3) is 0.537. The van der Waals surface area contributed by atoms with E-state index in [1.165, 1.54) is 7.05 Å². The molecule has 0 radical (unpaired) electrons. The van der Waals surface area contributed by atoms with Gasteiger partial charge in [0.15, 0.2) is 0 Å². The minimum absolute atomic E-state index is 0.0110. The van der Waals surface area contributed by atoms with Gasteiger partial charge in [0.05, 0.1) is 18.5 Å². The average molecular weight is 892 g/mol. The topological polar surface area (TPSA) is 300 Å². The van der Waals surface area contributed by atoms with Gasteiger partial charge in [-0.3, -0.25) is 33.6 Å². The van der Waals surface area contributed by atoms with E-state index in [0.717, 1.165) is 22.7 Å². The van der Waals surface area contributed by atoms with E-state index in [4.69, 9.17) is 0 Å². The van der Waals surface area contributed by atoms with Crippen LogP contribution in [0.5, 0.6) is 0 Å². The van der Waals surface area contributed by atoms with Crippen LogP contribution in [-0.2, 0) is 24.0 Å². The Kier molecular flexibility index (Phi) is 36.4. The number of nitrogens with one attached hydrogen (secondary N) is 15. The van der Waals surface area contributed by atoms with E-state index in [0.29, 0.717) is 30.5 Å². The third-order valence-corrected chi connectivity index (χ3v) is 8.73. The van der Waals surface area contributed by atoms with Crippen LogP contribution in [0.1, 0.15) is 40.0 Å². The Balaban J connectivity index is -0.000000721. The molecule has 358 valence electrons. The molecule has 2 aromatic rings. The van der Waals surface area contributed by atoms with Crippen molar-refractivity contribution in [2.45, 2.75) is 37.4 Å². The van der Waals surface area contributed by atoms with Gasteiger partial charge in [-0.25, -0.2) is 0 Å². The van der Waals surface area contributed by atoms with Crippen molar-refractivity contribution < 1.29 is 33.6 Å². The highest BCUT2D eigenvalue weighted by Crippen LogP contribution is 2.21. The van der Waals surface area contributed by atoms with Crippen LogP contribution in [0.15, 0.2) is 36.4 Å². The lowest BCUT2D eigenvalue weighted by Gasteiger charge is -2.13. The predicted octanol–water partition coefficient (Wildman–Crippen LogP) is -1.90. The van der Waals surface area contributed by atoms with E-state index in [1.807, 2.05) is 28.2 Å². The van der Waals surface area contributed by atoms with Gasteiger partial charge in [-0.05, 0) is 64.6 Å². The first-order valence-electron chi connectivity index (χ1n) is 20.1. The van der Waals surface area contributed by atoms with Gasteiger partial charge in [0.1, 0.15) is 0 Å². The Morgan fingerprint density at radius 3 is 0.984 bits per heavy atom. The summed E-state index contributed by atoms with van der Waals surface area (Å²) in [5, 5.41) is 41.2. The second-order valence-corrected chi connectivity index (χ2v) is 12.8. The van der Waals surface area contributed by atoms with E-state index in [2.05, 4.69) is 98.0 Å². The second kappa shape index (κ2) is 37.5. The van der Waals surface area contributed by atoms with Gasteiger partial charge in [-0.1, -0.05) is 0 Å². The molecule has 0 spiro atoms. The van der Waals surface area contributed by atoms with E-state index in [-0.39, 0.29) is 59.9 Å². The van der Waals surface area contributed by atoms with Crippen molar-refractivity contribution in [2.75, 3.05) is 134 Å². The van der Waals surface area contributed by atoms with Gasteiger partial charge in [0, 0.05) is 137 Å². The molecule has 0 aliphatic rings. The highest BCUT2D eigenvalue weighted by atomic mass is 16.2. The van der Waals surface area contributed by atoms with Gasteiger partial charge in [0.25, 0.3) is 11.8 Å². The van der Waals surface area contributed by atoms with Crippen molar-refractivity contribution >= 4 is 64.1 Å². The van der Waals surface area contributed by atoms with Crippen LogP contribution in [0.25, 0.3) is 0 Å². The third-order valence-electron chi connectivity index (χ3n) is 8.73. The van der Waals surface area contributed by atoms with Crippen molar-refractivity contribution in [3.63, 3.8) is 0 Å². The van der Waals surface area contributed by atoms with Crippen LogP contribution >= 0.6 is 0 Å². The number of amides is 7. The quantitative estimate of drug-likeness (QED) is 0.0734. The number of benzene rings is 2. The summed E-state index contributed by atoms with van der Waals surface area (Å²) >= 11 is 0. The number of rotatable bonds is 19. The summed E-state index contributed by atoms with van der Waals surface area (Å²) in [6.07, 6.45) is 0.799. The monoisotopic (exact) mass is 892 g/mol. The van der Waals surface area contributed by atoms with E-state index in [9.17, 15) is 33.6 Å². The molecule has 22 heteroatoms. The predicted molar refractivity (Wildman–Crippen MR) is 255 cm³/mol. The van der Waals surface area contributed by atoms with Crippen LogP contribution in [0.3, 0.4) is 0 Å². The van der Waals surface area contributed by atoms with Gasteiger partial charge >= 0.3 is 0 Å². The number of anilines is 4. The molecule has 63 heavy (non-hydrogen) atoms. The molecule has 0 aromatic heterocycles. The highest BCUT2D eigenvalue weighted by Gasteiger charge is 2.18. The number of likely N-dealkylation sites (N-methyl/N-ethyl adjacent to an activating group) is 5. The van der Waals surface area contributed by atoms with Crippen LogP contribution < -0.4 is 79.8 Å². The van der Waals surface area contributed by atoms with Gasteiger partial charge in [-0.15, -0.1) is 0 Å². The third kappa shape index (κ3) is 27.4. The van der Waals surface area contributed by atoms with Gasteiger partial charge in [0.2, 0.25) is 29.5 Å². The maximum atomic E-state index is 11.5. The molecule has 7 amide bonds. The van der Waals surface area contributed by atoms with Crippen LogP contribution in [0.2, 0.25) is 0 Å². The minimum atomic E-state index is -0.449. The van der Waals surface area contributed by atoms with E-state index < -0.39 is 6.04 Å². The van der Waals surface area contributed by atoms with E-state index in [1.54, 1.807) is 88.7 Å². The summed E-state index contributed by atoms with van der Waals surface area (Å²) in [6, 6.07) is 10.4. The lowest BCUT2D eigenvalue weighted by Crippen LogP contribution is -2.46. The van der Waals surface area contributed by atoms with Gasteiger partial charge < -0.3 is 79.8 Å². The van der Waals surface area contributed by atoms with Crippen molar-refractivity contribution in [1.82, 2.24) is 58.5 Å². The highest BCUT2D eigenvalue weighted by molar-refractivity contribution is 6.01. The maximum Gasteiger partial charge on any atom is 0.251 e. The van der Waals surface area contributed by atoms with Crippen molar-refractivity contribution in [1.29, 1.82) is 0 Å². The fourth-order valence-electron chi connectivity index (χ4n) is 4.80. The van der Waals surface area contributed by atoms with Crippen molar-refractivity contribution in [3.05, 3.63) is 47.5 Å². The van der Waals surface area contributed by atoms with Crippen molar-refractivity contribution in [3.8, 4) is 0 Å². The zero-order valence-corrected chi connectivity index (χ0v) is 39.9. The molecule has 0 saturated carbocycles. The smallest absolute Gasteiger partial charge is 0.251 e. The molecule has 0 bridgehead atoms. The Morgan fingerprint density at radius 2 is 0.714 bits per heavy atom. The van der Waals surface area contributed by atoms with Gasteiger partial charge in [-0.2, -0.15) is 0 Å². The summed E-state index contributed by atoms with van der Waals surface area (Å²) in [6.45, 7) is 0.649. The Morgan fingerprint density at radius 1 is 0.381 bits per heavy atom. The average Bonchev–Trinajstić information content (AvgIpc) is 3.33. The van der Waals surface area contributed by atoms with Crippen LogP contribution in [0.4, 0.5) is 22.7 Å². The van der Waals surface area contributed by atoms with E-state index >= 15 is 0 Å². The lowest BCUT2D eigenvalue weighted by atomic mass is 10.1. The zero-order chi connectivity index (χ0) is 48.9. The molecule has 15 N–H and O–H groups in total. The van der Waals surface area contributed by atoms with Crippen molar-refractivity contribution in [2.24, 2.45) is 0 Å². The first-order valence-corrected chi connectivity index (χ1v) is 20.1. The first kappa shape index (κ1) is 61.1. The minimum Gasteiger partial charge on any atom is -0.388 e. The number of hydrogen-bond donors (Lipinski definition) is 15. The number of hydrogen-bond acceptors (Lipinski definition) is 15. The molecule has 0 aliphatic carbocycles. The number of carbonyl (C=O) groups is 7. The molecule has 2 rings (SSSR count). The Hall–Kier alpha value is -6.23. The SMILES string of the molecule is CNC(=O)CC(CC(=O)NC)NC.CNC(=O)CC(NC)C(=O)NC.CNC(=O)c1cc(NC)cc(C(=O)NC)c1.CNCC(NC)C(=O)NC.CNc1cc(NC)cc(NC)c1. The summed E-state index contributed by atoms with van der Waals surface area (Å²) in [7, 11) is 25.4. The summed E-state index contributed by atoms with van der Waals surface area (Å²) in [4.78, 5) is 77.7. The Labute approximate surface area is 373 Å². The molecular formula is C41H77N15O7. The maximum absolute atomic E-state index is 11.5. The zero-order valence-electron chi connectivity index (χ0n) is 39.9. The molecule has 22 nitrogen and oxygen atoms in total. The molecule has 0 aliphatic heterocycles. The lowest BCUT2D eigenvalue weighted by molar-refractivity contribution is -0.127. The standard InChI is InChI=1S/C11H15N3O2.C9H15N3.C8H17N3O2.C7H15N3O2.C6H15N3O/c1-12-9-5-7(10(15)13-2)4-8(6-9)11(16)14-3;1-10-7-4-8(11-2)6-9(5-7)12-3;1-9-6(4-7(12)10-2)5-8(13)11-3;1-8-5(7(12)10-3)4-6(11)9-2;1-7-4-5(8-2)6(10)9-3/h4-6,12H,1-3H3,(H,13,15)(H,14,16);4-6,10-12H,1-3H3;6,9H,4-5H2,1-3H3,(H,10,12)(H,11,13);5,8H,4H2,1-3H3,(H,9,11)(H,10,12);5,7-8H,4H2,1-3H3,(H,9,10). The molecular weight excluding hydrogens is 815 g/mol. The molecule has 0 heterocycles. The van der Waals surface area contributed by atoms with Crippen LogP contribution in [-0.4, -0.2) is 172 Å². The largest absolute Gasteiger partial charge is 0.388 e. The Bertz CT molecular complexity index is 1560. The summed E-state index contributed by atoms with van der Waals surface area (Å²) in [5.74, 6) is -0.896. The summed E-state index contributed by atoms with van der Waals surface area (Å²) in [5.41, 5.74) is 4.93.